The van der Waals surface area contributed by atoms with Crippen LogP contribution in [0.3, 0.4) is 0 Å². The minimum atomic E-state index is -0.967. The highest BCUT2D eigenvalue weighted by atomic mass is 19.2. The predicted octanol–water partition coefficient (Wildman–Crippen LogP) is 9.38. The van der Waals surface area contributed by atoms with Gasteiger partial charge in [0.1, 0.15) is 0 Å². The van der Waals surface area contributed by atoms with E-state index in [4.69, 9.17) is 4.74 Å². The normalized spacial score (nSPS) is 15.4. The topological polar surface area (TPSA) is 9.23 Å². The molecule has 0 spiro atoms. The lowest BCUT2D eigenvalue weighted by Gasteiger charge is -2.23. The van der Waals surface area contributed by atoms with Gasteiger partial charge in [-0.3, -0.25) is 0 Å². The van der Waals surface area contributed by atoms with Crippen molar-refractivity contribution in [2.75, 3.05) is 6.61 Å². The van der Waals surface area contributed by atoms with Gasteiger partial charge in [-0.25, -0.2) is 13.2 Å². The summed E-state index contributed by atoms with van der Waals surface area (Å²) in [6.45, 7) is 5.87. The average molecular weight is 509 g/mol. The van der Waals surface area contributed by atoms with Gasteiger partial charge in [-0.05, 0) is 86.6 Å². The molecule has 3 aromatic rings. The van der Waals surface area contributed by atoms with E-state index in [2.05, 4.69) is 6.58 Å². The van der Waals surface area contributed by atoms with Gasteiger partial charge in [-0.15, -0.1) is 6.58 Å². The van der Waals surface area contributed by atoms with Gasteiger partial charge in [0.2, 0.25) is 5.82 Å². The first kappa shape index (κ1) is 26.7. The van der Waals surface area contributed by atoms with Gasteiger partial charge in [-0.2, -0.15) is 4.39 Å². The Balaban J connectivity index is 1.37. The third kappa shape index (κ3) is 6.33. The zero-order valence-corrected chi connectivity index (χ0v) is 21.1. The smallest absolute Gasteiger partial charge is 0.201 e. The summed E-state index contributed by atoms with van der Waals surface area (Å²) in [4.78, 5) is 0. The number of hydrogen-bond donors (Lipinski definition) is 0. The van der Waals surface area contributed by atoms with E-state index in [1.807, 2.05) is 25.1 Å². The summed E-state index contributed by atoms with van der Waals surface area (Å²) in [6, 6.07) is 13.7. The summed E-state index contributed by atoms with van der Waals surface area (Å²) in [5.41, 5.74) is 3.35. The number of unbranched alkanes of at least 4 members (excludes halogenated alkanes) is 1. The van der Waals surface area contributed by atoms with Crippen molar-refractivity contribution in [3.63, 3.8) is 0 Å². The molecule has 0 fully saturated rings. The van der Waals surface area contributed by atoms with Crippen LogP contribution in [0.2, 0.25) is 0 Å². The average Bonchev–Trinajstić information content (AvgIpc) is 2.91. The summed E-state index contributed by atoms with van der Waals surface area (Å²) in [5.74, 6) is -3.29. The Kier molecular flexibility index (Phi) is 8.86. The number of hydrogen-bond acceptors (Lipinski definition) is 1. The SMILES string of the molecule is C=CCCCOc1ccc(C2=CCC(CCc3ccc(-c4ccc(C)cc4)c(F)c3F)CC2)c(F)c1F. The lowest BCUT2D eigenvalue weighted by Crippen LogP contribution is -2.09. The van der Waals surface area contributed by atoms with Crippen molar-refractivity contribution < 1.29 is 22.3 Å². The van der Waals surface area contributed by atoms with Crippen molar-refractivity contribution in [2.45, 2.75) is 51.9 Å². The molecule has 194 valence electrons. The van der Waals surface area contributed by atoms with Crippen LogP contribution < -0.4 is 4.74 Å². The standard InChI is InChI=1S/C32H32F4O/c1-3-4-5-20-37-28-19-18-27(31(35)32(28)36)24-13-8-22(9-14-24)10-15-25-16-17-26(30(34)29(25)33)23-11-6-21(2)7-12-23/h3,6-7,11-13,16-19,22H,1,4-5,8-10,14-15,20H2,2H3. The van der Waals surface area contributed by atoms with Crippen molar-refractivity contribution in [3.8, 4) is 16.9 Å². The van der Waals surface area contributed by atoms with E-state index in [0.29, 0.717) is 49.8 Å². The highest BCUT2D eigenvalue weighted by molar-refractivity contribution is 5.68. The van der Waals surface area contributed by atoms with E-state index in [0.717, 1.165) is 24.0 Å². The second-order valence-electron chi connectivity index (χ2n) is 9.69. The summed E-state index contributed by atoms with van der Waals surface area (Å²) < 4.78 is 64.3. The first-order chi connectivity index (χ1) is 17.9. The third-order valence-electron chi connectivity index (χ3n) is 7.07. The number of benzene rings is 3. The van der Waals surface area contributed by atoms with E-state index in [1.165, 1.54) is 6.07 Å². The maximum atomic E-state index is 14.8. The molecule has 0 heterocycles. The number of halogens is 4. The molecule has 0 amide bonds. The molecule has 1 nitrogen and oxygen atoms in total. The lowest BCUT2D eigenvalue weighted by molar-refractivity contribution is 0.291. The monoisotopic (exact) mass is 508 g/mol. The first-order valence-corrected chi connectivity index (χ1v) is 12.8. The molecular weight excluding hydrogens is 476 g/mol. The molecule has 5 heteroatoms. The molecule has 1 unspecified atom stereocenters. The van der Waals surface area contributed by atoms with Gasteiger partial charge in [0, 0.05) is 11.1 Å². The van der Waals surface area contributed by atoms with Crippen molar-refractivity contribution in [1.82, 2.24) is 0 Å². The zero-order valence-electron chi connectivity index (χ0n) is 21.1. The fourth-order valence-corrected chi connectivity index (χ4v) is 4.79. The van der Waals surface area contributed by atoms with Gasteiger partial charge in [0.05, 0.1) is 6.61 Å². The molecule has 37 heavy (non-hydrogen) atoms. The summed E-state index contributed by atoms with van der Waals surface area (Å²) in [6.07, 6.45) is 8.30. The van der Waals surface area contributed by atoms with E-state index in [1.54, 1.807) is 36.4 Å². The molecule has 0 aromatic heterocycles. The second-order valence-corrected chi connectivity index (χ2v) is 9.69. The fraction of sp³-hybridized carbons (Fsp3) is 0.312. The van der Waals surface area contributed by atoms with Crippen molar-refractivity contribution in [2.24, 2.45) is 5.92 Å². The van der Waals surface area contributed by atoms with Crippen LogP contribution in [0.15, 0.2) is 67.3 Å². The van der Waals surface area contributed by atoms with Crippen molar-refractivity contribution in [3.05, 3.63) is 107 Å². The Morgan fingerprint density at radius 2 is 1.62 bits per heavy atom. The molecule has 1 aliphatic rings. The molecular formula is C32H32F4O. The molecule has 4 rings (SSSR count). The fourth-order valence-electron chi connectivity index (χ4n) is 4.79. The highest BCUT2D eigenvalue weighted by Gasteiger charge is 2.22. The highest BCUT2D eigenvalue weighted by Crippen LogP contribution is 2.36. The Morgan fingerprint density at radius 1 is 0.892 bits per heavy atom. The first-order valence-electron chi connectivity index (χ1n) is 12.8. The number of aryl methyl sites for hydroxylation is 2. The molecule has 1 atom stereocenters. The van der Waals surface area contributed by atoms with Gasteiger partial charge in [0.15, 0.2) is 23.2 Å². The van der Waals surface area contributed by atoms with Gasteiger partial charge >= 0.3 is 0 Å². The third-order valence-corrected chi connectivity index (χ3v) is 7.07. The van der Waals surface area contributed by atoms with E-state index in [9.17, 15) is 17.6 Å². The van der Waals surface area contributed by atoms with Crippen LogP contribution >= 0.6 is 0 Å². The van der Waals surface area contributed by atoms with Crippen LogP contribution in [0.5, 0.6) is 5.75 Å². The molecule has 0 saturated heterocycles. The Labute approximate surface area is 216 Å². The zero-order chi connectivity index (χ0) is 26.4. The lowest BCUT2D eigenvalue weighted by atomic mass is 9.83. The summed E-state index contributed by atoms with van der Waals surface area (Å²) in [7, 11) is 0. The van der Waals surface area contributed by atoms with Crippen LogP contribution in [0.25, 0.3) is 16.7 Å². The van der Waals surface area contributed by atoms with Gasteiger partial charge < -0.3 is 4.74 Å². The van der Waals surface area contributed by atoms with E-state index in [-0.39, 0.29) is 22.8 Å². The van der Waals surface area contributed by atoms with Crippen molar-refractivity contribution >= 4 is 5.57 Å². The van der Waals surface area contributed by atoms with Gasteiger partial charge in [-0.1, -0.05) is 54.1 Å². The molecule has 0 saturated carbocycles. The quantitative estimate of drug-likeness (QED) is 0.151. The van der Waals surface area contributed by atoms with Crippen LogP contribution in [0, 0.1) is 36.1 Å². The number of ether oxygens (including phenoxy) is 1. The van der Waals surface area contributed by atoms with Crippen molar-refractivity contribution in [1.29, 1.82) is 0 Å². The van der Waals surface area contributed by atoms with Crippen LogP contribution in [0.4, 0.5) is 17.6 Å². The van der Waals surface area contributed by atoms with Crippen LogP contribution in [-0.4, -0.2) is 6.61 Å². The number of allylic oxidation sites excluding steroid dienone is 3. The minimum absolute atomic E-state index is 0.0812. The molecule has 3 aromatic carbocycles. The van der Waals surface area contributed by atoms with E-state index < -0.39 is 23.3 Å². The largest absolute Gasteiger partial charge is 0.490 e. The molecule has 0 aliphatic heterocycles. The molecule has 0 N–H and O–H groups in total. The molecule has 1 aliphatic carbocycles. The maximum Gasteiger partial charge on any atom is 0.201 e. The summed E-state index contributed by atoms with van der Waals surface area (Å²) >= 11 is 0. The Bertz CT molecular complexity index is 1280. The molecule has 0 radical (unpaired) electrons. The van der Waals surface area contributed by atoms with E-state index >= 15 is 0 Å². The summed E-state index contributed by atoms with van der Waals surface area (Å²) in [5, 5.41) is 0. The van der Waals surface area contributed by atoms with Gasteiger partial charge in [0.25, 0.3) is 0 Å². The van der Waals surface area contributed by atoms with Crippen LogP contribution in [-0.2, 0) is 6.42 Å². The second kappa shape index (κ2) is 12.3. The number of rotatable bonds is 10. The Hall–Kier alpha value is -3.34. The Morgan fingerprint density at radius 3 is 2.32 bits per heavy atom. The molecule has 0 bridgehead atoms. The maximum absolute atomic E-state index is 14.8. The minimum Gasteiger partial charge on any atom is -0.490 e. The van der Waals surface area contributed by atoms with Crippen LogP contribution in [0.1, 0.15) is 55.2 Å². The predicted molar refractivity (Wildman–Crippen MR) is 141 cm³/mol.